The van der Waals surface area contributed by atoms with Crippen LogP contribution in [0.2, 0.25) is 0 Å². The molecular weight excluding hydrogens is 234 g/mol. The van der Waals surface area contributed by atoms with Crippen molar-refractivity contribution in [2.75, 3.05) is 12.0 Å². The molecule has 4 heteroatoms. The van der Waals surface area contributed by atoms with Gasteiger partial charge in [-0.3, -0.25) is 0 Å². The second kappa shape index (κ2) is 5.65. The van der Waals surface area contributed by atoms with E-state index in [4.69, 9.17) is 5.73 Å². The predicted octanol–water partition coefficient (Wildman–Crippen LogP) is 2.13. The Hall–Kier alpha value is -0.870. The van der Waals surface area contributed by atoms with Crippen LogP contribution in [0.3, 0.4) is 0 Å². The van der Waals surface area contributed by atoms with Crippen molar-refractivity contribution in [3.05, 3.63) is 34.9 Å². The summed E-state index contributed by atoms with van der Waals surface area (Å²) < 4.78 is 22.0. The quantitative estimate of drug-likeness (QED) is 0.876. The third-order valence-corrected chi connectivity index (χ3v) is 3.73. The van der Waals surface area contributed by atoms with Crippen LogP contribution in [-0.2, 0) is 9.84 Å². The molecular formula is C13H21NO2S. The van der Waals surface area contributed by atoms with E-state index in [0.29, 0.717) is 12.8 Å². The van der Waals surface area contributed by atoms with Gasteiger partial charge in [-0.05, 0) is 32.3 Å². The number of hydrogen-bond donors (Lipinski definition) is 1. The molecule has 0 aliphatic heterocycles. The van der Waals surface area contributed by atoms with Crippen LogP contribution < -0.4 is 5.73 Å². The Morgan fingerprint density at radius 1 is 1.18 bits per heavy atom. The van der Waals surface area contributed by atoms with E-state index in [1.807, 2.05) is 13.8 Å². The van der Waals surface area contributed by atoms with Gasteiger partial charge in [-0.1, -0.05) is 29.3 Å². The first-order chi connectivity index (χ1) is 7.78. The van der Waals surface area contributed by atoms with Gasteiger partial charge < -0.3 is 5.73 Å². The predicted molar refractivity (Wildman–Crippen MR) is 71.8 cm³/mol. The van der Waals surface area contributed by atoms with Gasteiger partial charge in [0.05, 0.1) is 0 Å². The molecule has 96 valence electrons. The third kappa shape index (κ3) is 5.33. The minimum Gasteiger partial charge on any atom is -0.324 e. The summed E-state index contributed by atoms with van der Waals surface area (Å²) in [6, 6.07) is 6.17. The largest absolute Gasteiger partial charge is 0.324 e. The normalized spacial score (nSPS) is 13.6. The maximum Gasteiger partial charge on any atom is 0.147 e. The number of aryl methyl sites for hydroxylation is 2. The van der Waals surface area contributed by atoms with Crippen LogP contribution in [0.4, 0.5) is 0 Å². The van der Waals surface area contributed by atoms with Crippen molar-refractivity contribution in [3.8, 4) is 0 Å². The van der Waals surface area contributed by atoms with Gasteiger partial charge in [-0.25, -0.2) is 8.42 Å². The van der Waals surface area contributed by atoms with Gasteiger partial charge in [0, 0.05) is 18.1 Å². The molecule has 0 bridgehead atoms. The number of nitrogens with two attached hydrogens (primary N) is 1. The fourth-order valence-electron chi connectivity index (χ4n) is 1.96. The Morgan fingerprint density at radius 3 is 2.18 bits per heavy atom. The minimum absolute atomic E-state index is 0.0738. The van der Waals surface area contributed by atoms with Crippen molar-refractivity contribution in [2.24, 2.45) is 5.73 Å². The summed E-state index contributed by atoms with van der Waals surface area (Å²) >= 11 is 0. The smallest absolute Gasteiger partial charge is 0.147 e. The van der Waals surface area contributed by atoms with E-state index in [-0.39, 0.29) is 11.8 Å². The number of sulfone groups is 1. The Bertz CT molecular complexity index is 460. The monoisotopic (exact) mass is 255 g/mol. The molecule has 1 aromatic rings. The van der Waals surface area contributed by atoms with Crippen LogP contribution in [0.15, 0.2) is 18.2 Å². The van der Waals surface area contributed by atoms with Crippen LogP contribution in [0, 0.1) is 13.8 Å². The van der Waals surface area contributed by atoms with Crippen molar-refractivity contribution < 1.29 is 8.42 Å². The lowest BCUT2D eigenvalue weighted by atomic mass is 9.99. The van der Waals surface area contributed by atoms with Gasteiger partial charge in [-0.15, -0.1) is 0 Å². The van der Waals surface area contributed by atoms with Gasteiger partial charge in [0.15, 0.2) is 0 Å². The summed E-state index contributed by atoms with van der Waals surface area (Å²) in [5, 5.41) is 0. The van der Waals surface area contributed by atoms with Crippen LogP contribution in [0.5, 0.6) is 0 Å². The topological polar surface area (TPSA) is 60.2 Å². The van der Waals surface area contributed by atoms with E-state index >= 15 is 0 Å². The minimum atomic E-state index is -2.87. The molecule has 1 atom stereocenters. The summed E-state index contributed by atoms with van der Waals surface area (Å²) in [7, 11) is -2.87. The number of benzene rings is 1. The molecule has 0 aliphatic carbocycles. The second-order valence-corrected chi connectivity index (χ2v) is 7.06. The standard InChI is InChI=1S/C13H21NO2S/c1-10-7-11(2)9-12(8-10)13(14)5-4-6-17(3,15)16/h7-9,13H,4-6,14H2,1-3H3. The zero-order valence-corrected chi connectivity index (χ0v) is 11.5. The third-order valence-electron chi connectivity index (χ3n) is 2.70. The Balaban J connectivity index is 2.61. The fourth-order valence-corrected chi connectivity index (χ4v) is 2.65. The van der Waals surface area contributed by atoms with E-state index in [1.165, 1.54) is 17.4 Å². The molecule has 1 rings (SSSR count). The molecule has 0 aliphatic rings. The summed E-state index contributed by atoms with van der Waals surface area (Å²) in [6.07, 6.45) is 2.58. The lowest BCUT2D eigenvalue weighted by molar-refractivity contribution is 0.587. The van der Waals surface area contributed by atoms with Crippen molar-refractivity contribution in [1.29, 1.82) is 0 Å². The summed E-state index contributed by atoms with van der Waals surface area (Å²) in [5.41, 5.74) is 9.55. The molecule has 0 radical (unpaired) electrons. The van der Waals surface area contributed by atoms with Crippen LogP contribution in [0.25, 0.3) is 0 Å². The fraction of sp³-hybridized carbons (Fsp3) is 0.538. The molecule has 0 spiro atoms. The molecule has 1 aromatic carbocycles. The van der Waals surface area contributed by atoms with Crippen LogP contribution in [0.1, 0.15) is 35.6 Å². The molecule has 3 nitrogen and oxygen atoms in total. The molecule has 0 saturated carbocycles. The van der Waals surface area contributed by atoms with Gasteiger partial charge >= 0.3 is 0 Å². The van der Waals surface area contributed by atoms with Gasteiger partial charge in [-0.2, -0.15) is 0 Å². The van der Waals surface area contributed by atoms with Gasteiger partial charge in [0.25, 0.3) is 0 Å². The summed E-state index contributed by atoms with van der Waals surface area (Å²) in [4.78, 5) is 0. The van der Waals surface area contributed by atoms with E-state index in [1.54, 1.807) is 0 Å². The Kier molecular flexibility index (Phi) is 4.71. The number of rotatable bonds is 5. The van der Waals surface area contributed by atoms with E-state index in [2.05, 4.69) is 18.2 Å². The maximum absolute atomic E-state index is 11.0. The lowest BCUT2D eigenvalue weighted by Crippen LogP contribution is -2.13. The molecule has 0 amide bonds. The molecule has 0 aromatic heterocycles. The van der Waals surface area contributed by atoms with Crippen molar-refractivity contribution in [2.45, 2.75) is 32.7 Å². The zero-order chi connectivity index (χ0) is 13.1. The van der Waals surface area contributed by atoms with E-state index < -0.39 is 9.84 Å². The van der Waals surface area contributed by atoms with E-state index in [9.17, 15) is 8.42 Å². The van der Waals surface area contributed by atoms with Crippen molar-refractivity contribution >= 4 is 9.84 Å². The van der Waals surface area contributed by atoms with Crippen LogP contribution in [-0.4, -0.2) is 20.4 Å². The van der Waals surface area contributed by atoms with Crippen molar-refractivity contribution in [3.63, 3.8) is 0 Å². The lowest BCUT2D eigenvalue weighted by Gasteiger charge is -2.13. The average molecular weight is 255 g/mol. The highest BCUT2D eigenvalue weighted by atomic mass is 32.2. The molecule has 2 N–H and O–H groups in total. The van der Waals surface area contributed by atoms with Gasteiger partial charge in [0.2, 0.25) is 0 Å². The molecule has 1 unspecified atom stereocenters. The second-order valence-electron chi connectivity index (χ2n) is 4.80. The SMILES string of the molecule is Cc1cc(C)cc(C(N)CCCS(C)(=O)=O)c1. The molecule has 0 fully saturated rings. The first-order valence-corrected chi connectivity index (χ1v) is 7.85. The number of hydrogen-bond acceptors (Lipinski definition) is 3. The first kappa shape index (κ1) is 14.2. The summed E-state index contributed by atoms with van der Waals surface area (Å²) in [5.74, 6) is 0.214. The summed E-state index contributed by atoms with van der Waals surface area (Å²) in [6.45, 7) is 4.08. The maximum atomic E-state index is 11.0. The highest BCUT2D eigenvalue weighted by molar-refractivity contribution is 7.90. The average Bonchev–Trinajstić information content (AvgIpc) is 2.13. The molecule has 17 heavy (non-hydrogen) atoms. The molecule has 0 saturated heterocycles. The van der Waals surface area contributed by atoms with Crippen molar-refractivity contribution in [1.82, 2.24) is 0 Å². The van der Waals surface area contributed by atoms with E-state index in [0.717, 1.165) is 5.56 Å². The highest BCUT2D eigenvalue weighted by Gasteiger charge is 2.09. The Labute approximate surface area is 104 Å². The highest BCUT2D eigenvalue weighted by Crippen LogP contribution is 2.19. The first-order valence-electron chi connectivity index (χ1n) is 5.79. The van der Waals surface area contributed by atoms with Gasteiger partial charge in [0.1, 0.15) is 9.84 Å². The zero-order valence-electron chi connectivity index (χ0n) is 10.7. The van der Waals surface area contributed by atoms with Crippen LogP contribution >= 0.6 is 0 Å². The Morgan fingerprint density at radius 2 is 1.71 bits per heavy atom. The molecule has 0 heterocycles.